The Balaban J connectivity index is 1.36. The molecular weight excluding hydrogens is 492 g/mol. The third kappa shape index (κ3) is 4.52. The number of rotatable bonds is 5. The van der Waals surface area contributed by atoms with Crippen molar-refractivity contribution in [3.63, 3.8) is 0 Å². The first-order valence-corrected chi connectivity index (χ1v) is 12.4. The monoisotopic (exact) mass is 517 g/mol. The summed E-state index contributed by atoms with van der Waals surface area (Å²) in [5, 5.41) is 16.2. The van der Waals surface area contributed by atoms with Crippen LogP contribution in [0.4, 0.5) is 8.78 Å². The maximum absolute atomic E-state index is 13.9. The maximum atomic E-state index is 13.9. The number of hydrogen-bond acceptors (Lipinski definition) is 4. The molecule has 2 aliphatic heterocycles. The van der Waals surface area contributed by atoms with Gasteiger partial charge in [0.25, 0.3) is 5.91 Å². The molecule has 3 heterocycles. The number of carbonyl (C=O) groups is 3. The fourth-order valence-electron chi connectivity index (χ4n) is 5.95. The number of aromatic nitrogens is 1. The minimum Gasteiger partial charge on any atom is -0.356 e. The van der Waals surface area contributed by atoms with E-state index in [1.54, 1.807) is 24.3 Å². The first kappa shape index (κ1) is 24.5. The lowest BCUT2D eigenvalue weighted by molar-refractivity contribution is -0.155. The molecule has 3 atom stereocenters. The summed E-state index contributed by atoms with van der Waals surface area (Å²) in [6.45, 7) is 0.606. The number of benzene rings is 1. The van der Waals surface area contributed by atoms with E-state index < -0.39 is 54.0 Å². The van der Waals surface area contributed by atoms with Crippen molar-refractivity contribution in [3.05, 3.63) is 35.0 Å². The lowest BCUT2D eigenvalue weighted by Crippen LogP contribution is -2.50. The number of nitrogens with zero attached hydrogens (tertiary/aromatic N) is 2. The first-order chi connectivity index (χ1) is 17.1. The summed E-state index contributed by atoms with van der Waals surface area (Å²) in [4.78, 5) is 43.3. The van der Waals surface area contributed by atoms with Crippen molar-refractivity contribution in [1.29, 1.82) is 5.26 Å². The summed E-state index contributed by atoms with van der Waals surface area (Å²) in [6, 6.07) is 6.93. The molecule has 3 amide bonds. The molecule has 3 aliphatic rings. The molecule has 1 aliphatic carbocycles. The molecule has 0 bridgehead atoms. The van der Waals surface area contributed by atoms with Crippen LogP contribution in [0.2, 0.25) is 5.02 Å². The number of nitrogens with one attached hydrogen (secondary N) is 3. The average molecular weight is 518 g/mol. The molecule has 1 spiro atoms. The van der Waals surface area contributed by atoms with Gasteiger partial charge in [0, 0.05) is 42.7 Å². The molecule has 11 heteroatoms. The van der Waals surface area contributed by atoms with Crippen LogP contribution in [0.3, 0.4) is 0 Å². The van der Waals surface area contributed by atoms with Gasteiger partial charge >= 0.3 is 0 Å². The highest BCUT2D eigenvalue weighted by Gasteiger charge is 2.62. The van der Waals surface area contributed by atoms with E-state index in [2.05, 4.69) is 15.6 Å². The molecule has 8 nitrogen and oxygen atoms in total. The van der Waals surface area contributed by atoms with Gasteiger partial charge in [-0.15, -0.1) is 0 Å². The van der Waals surface area contributed by atoms with E-state index in [9.17, 15) is 28.4 Å². The predicted octanol–water partition coefficient (Wildman–Crippen LogP) is 3.38. The Hall–Kier alpha value is -3.19. The maximum Gasteiger partial charge on any atom is 0.271 e. The topological polar surface area (TPSA) is 118 Å². The number of para-hydroxylation sites is 1. The predicted molar refractivity (Wildman–Crippen MR) is 127 cm³/mol. The largest absolute Gasteiger partial charge is 0.356 e. The Morgan fingerprint density at radius 1 is 1.33 bits per heavy atom. The minimum absolute atomic E-state index is 0.0187. The minimum atomic E-state index is -2.82. The number of halogens is 3. The van der Waals surface area contributed by atoms with Crippen molar-refractivity contribution in [2.45, 2.75) is 56.5 Å². The van der Waals surface area contributed by atoms with E-state index in [0.29, 0.717) is 28.9 Å². The second-order valence-corrected chi connectivity index (χ2v) is 10.7. The smallest absolute Gasteiger partial charge is 0.271 e. The van der Waals surface area contributed by atoms with E-state index in [-0.39, 0.29) is 31.0 Å². The van der Waals surface area contributed by atoms with Crippen molar-refractivity contribution in [2.75, 3.05) is 13.1 Å². The molecule has 3 N–H and O–H groups in total. The fourth-order valence-corrected chi connectivity index (χ4v) is 6.18. The number of carbonyl (C=O) groups excluding carboxylic acids is 3. The second-order valence-electron chi connectivity index (χ2n) is 10.3. The number of nitriles is 1. The Kier molecular flexibility index (Phi) is 6.15. The van der Waals surface area contributed by atoms with Gasteiger partial charge in [-0.05, 0) is 37.8 Å². The van der Waals surface area contributed by atoms with Gasteiger partial charge in [0.2, 0.25) is 17.7 Å². The molecule has 0 radical (unpaired) electrons. The van der Waals surface area contributed by atoms with Crippen molar-refractivity contribution in [3.8, 4) is 6.07 Å². The van der Waals surface area contributed by atoms with Gasteiger partial charge in [0.1, 0.15) is 17.8 Å². The van der Waals surface area contributed by atoms with E-state index in [1.165, 1.54) is 4.90 Å². The molecule has 190 valence electrons. The molecule has 5 rings (SSSR count). The van der Waals surface area contributed by atoms with Crippen LogP contribution < -0.4 is 10.6 Å². The number of piperidine rings is 1. The van der Waals surface area contributed by atoms with Gasteiger partial charge in [-0.2, -0.15) is 5.26 Å². The van der Waals surface area contributed by atoms with Crippen LogP contribution in [-0.2, 0) is 9.59 Å². The van der Waals surface area contributed by atoms with E-state index in [0.717, 1.165) is 6.42 Å². The Bertz CT molecular complexity index is 1260. The normalized spacial score (nSPS) is 25.2. The highest BCUT2D eigenvalue weighted by atomic mass is 35.5. The summed E-state index contributed by atoms with van der Waals surface area (Å²) in [7, 11) is 0. The summed E-state index contributed by atoms with van der Waals surface area (Å²) < 4.78 is 27.7. The van der Waals surface area contributed by atoms with Gasteiger partial charge in [-0.3, -0.25) is 14.4 Å². The second kappa shape index (κ2) is 9.04. The van der Waals surface area contributed by atoms with Gasteiger partial charge in [0.15, 0.2) is 0 Å². The van der Waals surface area contributed by atoms with Crippen LogP contribution in [0.1, 0.15) is 49.0 Å². The lowest BCUT2D eigenvalue weighted by Gasteiger charge is -2.44. The Morgan fingerprint density at radius 3 is 2.78 bits per heavy atom. The molecule has 36 heavy (non-hydrogen) atoms. The lowest BCUT2D eigenvalue weighted by atomic mass is 9.65. The molecule has 1 aromatic heterocycles. The number of aromatic amines is 1. The Labute approximate surface area is 211 Å². The average Bonchev–Trinajstić information content (AvgIpc) is 3.42. The van der Waals surface area contributed by atoms with Crippen LogP contribution in [0.5, 0.6) is 0 Å². The number of likely N-dealkylation sites (tertiary alicyclic amines) is 1. The fraction of sp³-hybridized carbons (Fsp3) is 0.520. The van der Waals surface area contributed by atoms with Crippen molar-refractivity contribution in [1.82, 2.24) is 20.5 Å². The Morgan fingerprint density at radius 2 is 2.11 bits per heavy atom. The number of H-pyrrole nitrogens is 1. The van der Waals surface area contributed by atoms with Crippen LogP contribution in [0, 0.1) is 22.7 Å². The van der Waals surface area contributed by atoms with E-state index in [1.807, 2.05) is 6.07 Å². The van der Waals surface area contributed by atoms with Crippen molar-refractivity contribution in [2.24, 2.45) is 11.3 Å². The van der Waals surface area contributed by atoms with Crippen LogP contribution in [0.25, 0.3) is 10.9 Å². The summed E-state index contributed by atoms with van der Waals surface area (Å²) in [6.07, 6.45) is 0.863. The third-order valence-corrected chi connectivity index (χ3v) is 7.88. The molecular formula is C25H26ClF2N5O3. The number of amides is 3. The van der Waals surface area contributed by atoms with Crippen LogP contribution in [-0.4, -0.2) is 58.7 Å². The number of fused-ring (bicyclic) bond motifs is 1. The summed E-state index contributed by atoms with van der Waals surface area (Å²) >= 11 is 6.22. The zero-order valence-electron chi connectivity index (χ0n) is 19.5. The van der Waals surface area contributed by atoms with Gasteiger partial charge in [-0.1, -0.05) is 23.7 Å². The van der Waals surface area contributed by atoms with Crippen molar-refractivity contribution >= 4 is 40.2 Å². The molecule has 2 aromatic rings. The molecule has 3 fully saturated rings. The number of alkyl halides is 2. The van der Waals surface area contributed by atoms with Crippen molar-refractivity contribution < 1.29 is 23.2 Å². The quantitative estimate of drug-likeness (QED) is 0.563. The van der Waals surface area contributed by atoms with Gasteiger partial charge in [-0.25, -0.2) is 8.78 Å². The summed E-state index contributed by atoms with van der Waals surface area (Å²) in [5.74, 6) is -4.43. The van der Waals surface area contributed by atoms with Gasteiger partial charge in [0.05, 0.1) is 16.6 Å². The third-order valence-electron chi connectivity index (χ3n) is 7.57. The highest BCUT2D eigenvalue weighted by Crippen LogP contribution is 2.58. The van der Waals surface area contributed by atoms with Gasteiger partial charge < -0.3 is 20.5 Å². The SMILES string of the molecule is N#C[C@H](C[C@@H]1CCCNC1=O)NC(=O)[C@@H]1CC2(CN1C(=O)c1cc3cccc(Cl)c3[nH]1)CC(F)(F)C2. The van der Waals surface area contributed by atoms with Crippen LogP contribution >= 0.6 is 11.6 Å². The molecule has 2 saturated heterocycles. The van der Waals surface area contributed by atoms with E-state index in [4.69, 9.17) is 11.6 Å². The first-order valence-electron chi connectivity index (χ1n) is 12.0. The standard InChI is InChI=1S/C25H26ClF2N5O3/c26-17-5-1-3-14-8-18(32-20(14)17)23(36)33-13-24(11-25(27,28)12-24)9-19(33)22(35)31-16(10-29)7-15-4-2-6-30-21(15)34/h1,3,5,8,15-16,19,32H,2,4,6-7,9,11-13H2,(H,30,34)(H,31,35)/t15-,16-,19-/m0/s1. The molecule has 1 aromatic carbocycles. The highest BCUT2D eigenvalue weighted by molar-refractivity contribution is 6.35. The zero-order valence-corrected chi connectivity index (χ0v) is 20.2. The van der Waals surface area contributed by atoms with Crippen LogP contribution in [0.15, 0.2) is 24.3 Å². The summed E-state index contributed by atoms with van der Waals surface area (Å²) in [5.41, 5.74) is -0.0754. The molecule has 0 unspecified atom stereocenters. The number of hydrogen-bond donors (Lipinski definition) is 3. The molecule has 1 saturated carbocycles. The van der Waals surface area contributed by atoms with E-state index >= 15 is 0 Å². The zero-order chi connectivity index (χ0) is 25.7.